The van der Waals surface area contributed by atoms with E-state index in [1.54, 1.807) is 0 Å². The third kappa shape index (κ3) is 2.64. The second-order valence-electron chi connectivity index (χ2n) is 3.67. The van der Waals surface area contributed by atoms with E-state index in [9.17, 15) is 22.7 Å². The van der Waals surface area contributed by atoms with Gasteiger partial charge in [0, 0.05) is 5.56 Å². The molecule has 1 N–H and O–H groups in total. The highest BCUT2D eigenvalue weighted by Gasteiger charge is 2.36. The molecule has 0 radical (unpaired) electrons. The van der Waals surface area contributed by atoms with Gasteiger partial charge in [-0.2, -0.15) is 13.2 Å². The van der Waals surface area contributed by atoms with Gasteiger partial charge < -0.3 is 5.11 Å². The smallest absolute Gasteiger partial charge is 0.434 e. The average Bonchev–Trinajstić information content (AvgIpc) is 2.33. The summed E-state index contributed by atoms with van der Waals surface area (Å²) in [5, 5.41) is 8.25. The summed E-state index contributed by atoms with van der Waals surface area (Å²) in [6, 6.07) is 1.59. The van der Waals surface area contributed by atoms with Gasteiger partial charge in [-0.1, -0.05) is 23.2 Å². The standard InChI is InChI=1S/C11H4Cl2F4N2O/c12-5-2-6(14)4(1-7(5)20)9-8(13)10(11(15,16)17)19-3-18-9/h1-3,20H. The lowest BCUT2D eigenvalue weighted by Crippen LogP contribution is -2.10. The van der Waals surface area contributed by atoms with Crippen LogP contribution in [0, 0.1) is 5.82 Å². The SMILES string of the molecule is Oc1cc(-c2ncnc(C(F)(F)F)c2Cl)c(F)cc1Cl. The minimum absolute atomic E-state index is 0.285. The van der Waals surface area contributed by atoms with E-state index in [0.29, 0.717) is 6.33 Å². The average molecular weight is 327 g/mol. The van der Waals surface area contributed by atoms with Crippen molar-refractivity contribution in [3.63, 3.8) is 0 Å². The van der Waals surface area contributed by atoms with Crippen LogP contribution < -0.4 is 0 Å². The van der Waals surface area contributed by atoms with Crippen LogP contribution in [0.15, 0.2) is 18.5 Å². The van der Waals surface area contributed by atoms with Crippen molar-refractivity contribution in [2.24, 2.45) is 0 Å². The quantitative estimate of drug-likeness (QED) is 0.794. The Labute approximate surface area is 119 Å². The minimum Gasteiger partial charge on any atom is -0.506 e. The fourth-order valence-electron chi connectivity index (χ4n) is 1.47. The Balaban J connectivity index is 2.69. The van der Waals surface area contributed by atoms with Crippen LogP contribution in [0.4, 0.5) is 17.6 Å². The first-order valence-corrected chi connectivity index (χ1v) is 5.73. The highest BCUT2D eigenvalue weighted by molar-refractivity contribution is 6.34. The van der Waals surface area contributed by atoms with Gasteiger partial charge in [-0.15, -0.1) is 0 Å². The Hall–Kier alpha value is -1.60. The molecule has 20 heavy (non-hydrogen) atoms. The molecule has 0 amide bonds. The molecule has 2 rings (SSSR count). The fourth-order valence-corrected chi connectivity index (χ4v) is 1.93. The van der Waals surface area contributed by atoms with Gasteiger partial charge in [0.1, 0.15) is 17.9 Å². The number of aromatic nitrogens is 2. The summed E-state index contributed by atoms with van der Waals surface area (Å²) in [7, 11) is 0. The van der Waals surface area contributed by atoms with E-state index in [1.807, 2.05) is 0 Å². The predicted molar refractivity (Wildman–Crippen MR) is 64.1 cm³/mol. The molecule has 0 fully saturated rings. The number of aromatic hydroxyl groups is 1. The molecule has 106 valence electrons. The number of phenols is 1. The second kappa shape index (κ2) is 5.06. The Morgan fingerprint density at radius 2 is 1.75 bits per heavy atom. The van der Waals surface area contributed by atoms with Crippen LogP contribution in [0.2, 0.25) is 10.0 Å². The molecule has 1 aromatic heterocycles. The molecule has 0 bridgehead atoms. The minimum atomic E-state index is -4.81. The van der Waals surface area contributed by atoms with Gasteiger partial charge in [-0.05, 0) is 12.1 Å². The summed E-state index contributed by atoms with van der Waals surface area (Å²) in [4.78, 5) is 6.54. The highest BCUT2D eigenvalue weighted by atomic mass is 35.5. The van der Waals surface area contributed by atoms with Crippen LogP contribution in [0.3, 0.4) is 0 Å². The van der Waals surface area contributed by atoms with Crippen LogP contribution in [-0.2, 0) is 6.18 Å². The predicted octanol–water partition coefficient (Wildman–Crippen LogP) is 4.31. The van der Waals surface area contributed by atoms with Crippen molar-refractivity contribution in [1.82, 2.24) is 9.97 Å². The largest absolute Gasteiger partial charge is 0.506 e. The molecule has 0 saturated carbocycles. The molecule has 1 heterocycles. The third-order valence-electron chi connectivity index (χ3n) is 2.35. The molecule has 0 spiro atoms. The van der Waals surface area contributed by atoms with E-state index >= 15 is 0 Å². The van der Waals surface area contributed by atoms with E-state index in [0.717, 1.165) is 12.1 Å². The zero-order valence-electron chi connectivity index (χ0n) is 9.34. The zero-order chi connectivity index (χ0) is 15.1. The third-order valence-corrected chi connectivity index (χ3v) is 3.01. The first kappa shape index (κ1) is 14.8. The van der Waals surface area contributed by atoms with Crippen LogP contribution in [0.1, 0.15) is 5.69 Å². The first-order chi connectivity index (χ1) is 9.21. The van der Waals surface area contributed by atoms with E-state index in [4.69, 9.17) is 23.2 Å². The monoisotopic (exact) mass is 326 g/mol. The molecular formula is C11H4Cl2F4N2O. The number of nitrogens with zero attached hydrogens (tertiary/aromatic N) is 2. The van der Waals surface area contributed by atoms with Crippen molar-refractivity contribution in [3.05, 3.63) is 40.0 Å². The van der Waals surface area contributed by atoms with Gasteiger partial charge >= 0.3 is 6.18 Å². The normalized spacial score (nSPS) is 11.7. The van der Waals surface area contributed by atoms with Crippen molar-refractivity contribution >= 4 is 23.2 Å². The van der Waals surface area contributed by atoms with Crippen LogP contribution in [0.5, 0.6) is 5.75 Å². The summed E-state index contributed by atoms with van der Waals surface area (Å²) < 4.78 is 51.7. The number of alkyl halides is 3. The molecule has 0 aliphatic carbocycles. The van der Waals surface area contributed by atoms with Gasteiger partial charge in [0.15, 0.2) is 5.69 Å². The van der Waals surface area contributed by atoms with E-state index in [1.165, 1.54) is 0 Å². The number of rotatable bonds is 1. The van der Waals surface area contributed by atoms with Crippen molar-refractivity contribution < 1.29 is 22.7 Å². The summed E-state index contributed by atoms with van der Waals surface area (Å²) in [5.74, 6) is -1.48. The maximum absolute atomic E-state index is 13.7. The molecule has 0 saturated heterocycles. The lowest BCUT2D eigenvalue weighted by Gasteiger charge is -2.11. The zero-order valence-corrected chi connectivity index (χ0v) is 10.9. The van der Waals surface area contributed by atoms with Crippen molar-refractivity contribution in [2.45, 2.75) is 6.18 Å². The van der Waals surface area contributed by atoms with Gasteiger partial charge in [0.05, 0.1) is 15.7 Å². The van der Waals surface area contributed by atoms with E-state index in [2.05, 4.69) is 9.97 Å². The fraction of sp³-hybridized carbons (Fsp3) is 0.0909. The van der Waals surface area contributed by atoms with Crippen LogP contribution >= 0.6 is 23.2 Å². The summed E-state index contributed by atoms with van der Waals surface area (Å²) in [5.41, 5.74) is -2.29. The van der Waals surface area contributed by atoms with Crippen LogP contribution in [0.25, 0.3) is 11.3 Å². The highest BCUT2D eigenvalue weighted by Crippen LogP contribution is 2.39. The summed E-state index contributed by atoms with van der Waals surface area (Å²) in [6.45, 7) is 0. The molecule has 2 aromatic rings. The lowest BCUT2D eigenvalue weighted by atomic mass is 10.1. The van der Waals surface area contributed by atoms with Gasteiger partial charge in [-0.25, -0.2) is 14.4 Å². The van der Waals surface area contributed by atoms with Crippen molar-refractivity contribution in [1.29, 1.82) is 0 Å². The number of hydrogen-bond donors (Lipinski definition) is 1. The molecule has 1 aromatic carbocycles. The van der Waals surface area contributed by atoms with E-state index < -0.39 is 39.7 Å². The van der Waals surface area contributed by atoms with Crippen molar-refractivity contribution in [3.8, 4) is 17.0 Å². The second-order valence-corrected chi connectivity index (χ2v) is 4.45. The molecule has 0 unspecified atom stereocenters. The van der Waals surface area contributed by atoms with Crippen molar-refractivity contribution in [2.75, 3.05) is 0 Å². The summed E-state index contributed by atoms with van der Waals surface area (Å²) >= 11 is 11.0. The number of halogens is 6. The van der Waals surface area contributed by atoms with Gasteiger partial charge in [-0.3, -0.25) is 0 Å². The number of hydrogen-bond acceptors (Lipinski definition) is 3. The molecule has 0 aliphatic rings. The van der Waals surface area contributed by atoms with Crippen LogP contribution in [-0.4, -0.2) is 15.1 Å². The Kier molecular flexibility index (Phi) is 3.75. The lowest BCUT2D eigenvalue weighted by molar-refractivity contribution is -0.141. The Bertz CT molecular complexity index is 676. The van der Waals surface area contributed by atoms with Gasteiger partial charge in [0.2, 0.25) is 0 Å². The number of phenolic OH excluding ortho intramolecular Hbond substituents is 1. The van der Waals surface area contributed by atoms with Gasteiger partial charge in [0.25, 0.3) is 0 Å². The number of benzene rings is 1. The first-order valence-electron chi connectivity index (χ1n) is 4.98. The Morgan fingerprint density at radius 1 is 1.10 bits per heavy atom. The molecule has 0 aliphatic heterocycles. The molecule has 9 heteroatoms. The summed E-state index contributed by atoms with van der Waals surface area (Å²) in [6.07, 6.45) is -4.20. The topological polar surface area (TPSA) is 46.0 Å². The Morgan fingerprint density at radius 3 is 2.35 bits per heavy atom. The maximum Gasteiger partial charge on any atom is 0.434 e. The molecule has 0 atom stereocenters. The molecule has 3 nitrogen and oxygen atoms in total. The maximum atomic E-state index is 13.7. The van der Waals surface area contributed by atoms with E-state index in [-0.39, 0.29) is 5.02 Å². The molecular weight excluding hydrogens is 323 g/mol.